The van der Waals surface area contributed by atoms with Crippen LogP contribution in [0.1, 0.15) is 27.6 Å². The zero-order valence-electron chi connectivity index (χ0n) is 10.0. The van der Waals surface area contributed by atoms with Crippen LogP contribution in [-0.2, 0) is 5.75 Å². The van der Waals surface area contributed by atoms with Crippen molar-refractivity contribution in [2.45, 2.75) is 24.8 Å². The number of furan rings is 1. The Morgan fingerprint density at radius 1 is 1.56 bits per heavy atom. The topological polar surface area (TPSA) is 94.3 Å². The molecule has 2 aromatic rings. The smallest absolute Gasteiger partial charge is 0.268 e. The van der Waals surface area contributed by atoms with Gasteiger partial charge in [0.05, 0.1) is 17.0 Å². The van der Waals surface area contributed by atoms with Crippen LogP contribution in [0.15, 0.2) is 26.4 Å². The molecule has 0 aliphatic carbocycles. The van der Waals surface area contributed by atoms with Crippen LogP contribution in [0.25, 0.3) is 0 Å². The molecule has 0 aliphatic rings. The van der Waals surface area contributed by atoms with Crippen LogP contribution in [0.4, 0.5) is 0 Å². The fraction of sp³-hybridized carbons (Fsp3) is 0.273. The Bertz CT molecular complexity index is 542. The van der Waals surface area contributed by atoms with E-state index in [1.165, 1.54) is 18.0 Å². The molecule has 2 rings (SSSR count). The molecule has 0 aromatic carbocycles. The molecule has 0 atom stereocenters. The molecule has 1 amide bonds. The van der Waals surface area contributed by atoms with E-state index in [0.717, 1.165) is 11.5 Å². The Hall–Kier alpha value is -1.73. The number of rotatable bonds is 4. The number of nitrogens with two attached hydrogens (primary N) is 1. The van der Waals surface area contributed by atoms with Crippen molar-refractivity contribution in [3.63, 3.8) is 0 Å². The number of thioether (sulfide) groups is 1. The quantitative estimate of drug-likeness (QED) is 0.379. The molecule has 0 saturated carbocycles. The second kappa shape index (κ2) is 5.28. The number of nitrogens with zero attached hydrogens (tertiary/aromatic N) is 1. The molecule has 0 saturated heterocycles. The van der Waals surface area contributed by atoms with E-state index in [4.69, 9.17) is 14.7 Å². The van der Waals surface area contributed by atoms with Gasteiger partial charge in [0.2, 0.25) is 0 Å². The van der Waals surface area contributed by atoms with Gasteiger partial charge in [-0.3, -0.25) is 10.2 Å². The number of nitrogens with one attached hydrogen (secondary N) is 1. The average Bonchev–Trinajstić information content (AvgIpc) is 2.94. The van der Waals surface area contributed by atoms with E-state index in [0.29, 0.717) is 22.3 Å². The second-order valence-corrected chi connectivity index (χ2v) is 4.61. The summed E-state index contributed by atoms with van der Waals surface area (Å²) < 4.78 is 10.7. The largest absolute Gasteiger partial charge is 0.468 e. The summed E-state index contributed by atoms with van der Waals surface area (Å²) in [6.07, 6.45) is 1.37. The van der Waals surface area contributed by atoms with E-state index in [1.807, 2.05) is 19.3 Å². The molecule has 2 aromatic heterocycles. The van der Waals surface area contributed by atoms with E-state index in [2.05, 4.69) is 4.98 Å². The number of carbonyl (C=O) groups is 1. The maximum absolute atomic E-state index is 11.2. The standard InChI is InChI=1S/C11H13N3O3S/c1-6-7(2)17-11(13-6)18-5-9-3-8(4-16-9)10(15)14-12/h3-4H,5,12H2,1-2H3,(H,14,15). The van der Waals surface area contributed by atoms with Gasteiger partial charge in [-0.05, 0) is 19.9 Å². The summed E-state index contributed by atoms with van der Waals surface area (Å²) in [6.45, 7) is 3.75. The van der Waals surface area contributed by atoms with Crippen molar-refractivity contribution in [1.29, 1.82) is 0 Å². The predicted octanol–water partition coefficient (Wildman–Crippen LogP) is 1.78. The van der Waals surface area contributed by atoms with Crippen LogP contribution in [0.2, 0.25) is 0 Å². The van der Waals surface area contributed by atoms with Crippen LogP contribution in [0.3, 0.4) is 0 Å². The summed E-state index contributed by atoms with van der Waals surface area (Å²) in [6, 6.07) is 1.64. The highest BCUT2D eigenvalue weighted by Crippen LogP contribution is 2.24. The highest BCUT2D eigenvalue weighted by atomic mass is 32.2. The van der Waals surface area contributed by atoms with Crippen LogP contribution in [0.5, 0.6) is 0 Å². The normalized spacial score (nSPS) is 10.6. The van der Waals surface area contributed by atoms with E-state index in [9.17, 15) is 4.79 Å². The zero-order valence-corrected chi connectivity index (χ0v) is 10.8. The summed E-state index contributed by atoms with van der Waals surface area (Å²) >= 11 is 1.41. The second-order valence-electron chi connectivity index (χ2n) is 3.69. The summed E-state index contributed by atoms with van der Waals surface area (Å²) in [5.74, 6) is 6.65. The molecule has 0 radical (unpaired) electrons. The molecule has 0 bridgehead atoms. The first-order valence-corrected chi connectivity index (χ1v) is 6.24. The maximum atomic E-state index is 11.2. The molecule has 7 heteroatoms. The molecular weight excluding hydrogens is 254 g/mol. The minimum Gasteiger partial charge on any atom is -0.468 e. The van der Waals surface area contributed by atoms with Crippen molar-refractivity contribution in [2.24, 2.45) is 5.84 Å². The van der Waals surface area contributed by atoms with Crippen LogP contribution < -0.4 is 11.3 Å². The first-order valence-electron chi connectivity index (χ1n) is 5.25. The zero-order chi connectivity index (χ0) is 13.1. The number of carbonyl (C=O) groups excluding carboxylic acids is 1. The van der Waals surface area contributed by atoms with Crippen molar-refractivity contribution >= 4 is 17.7 Å². The molecule has 6 nitrogen and oxygen atoms in total. The third-order valence-electron chi connectivity index (χ3n) is 2.39. The van der Waals surface area contributed by atoms with Gasteiger partial charge >= 0.3 is 0 Å². The lowest BCUT2D eigenvalue weighted by Crippen LogP contribution is -2.29. The van der Waals surface area contributed by atoms with Gasteiger partial charge in [0, 0.05) is 0 Å². The number of nitrogen functional groups attached to an aromatic ring is 1. The number of aryl methyl sites for hydroxylation is 2. The number of oxazole rings is 1. The van der Waals surface area contributed by atoms with Gasteiger partial charge in [-0.15, -0.1) is 0 Å². The highest BCUT2D eigenvalue weighted by Gasteiger charge is 2.11. The third kappa shape index (κ3) is 2.74. The number of hydrazine groups is 1. The van der Waals surface area contributed by atoms with Crippen molar-refractivity contribution in [1.82, 2.24) is 10.4 Å². The highest BCUT2D eigenvalue weighted by molar-refractivity contribution is 7.98. The van der Waals surface area contributed by atoms with Crippen LogP contribution in [-0.4, -0.2) is 10.9 Å². The van der Waals surface area contributed by atoms with Gasteiger partial charge in [0.15, 0.2) is 0 Å². The van der Waals surface area contributed by atoms with Gasteiger partial charge in [-0.1, -0.05) is 11.8 Å². The van der Waals surface area contributed by atoms with Gasteiger partial charge in [0.25, 0.3) is 11.1 Å². The Morgan fingerprint density at radius 3 is 2.94 bits per heavy atom. The van der Waals surface area contributed by atoms with Crippen LogP contribution >= 0.6 is 11.8 Å². The first kappa shape index (κ1) is 12.7. The third-order valence-corrected chi connectivity index (χ3v) is 3.24. The van der Waals surface area contributed by atoms with Crippen LogP contribution in [0, 0.1) is 13.8 Å². The van der Waals surface area contributed by atoms with E-state index in [-0.39, 0.29) is 5.91 Å². The van der Waals surface area contributed by atoms with Crippen molar-refractivity contribution in [3.8, 4) is 0 Å². The summed E-state index contributed by atoms with van der Waals surface area (Å²) in [7, 11) is 0. The number of hydrogen-bond donors (Lipinski definition) is 2. The lowest BCUT2D eigenvalue weighted by molar-refractivity contribution is 0.0953. The summed E-state index contributed by atoms with van der Waals surface area (Å²) in [4.78, 5) is 15.5. The fourth-order valence-corrected chi connectivity index (χ4v) is 2.10. The molecule has 0 unspecified atom stereocenters. The first-order chi connectivity index (χ1) is 8.60. The fourth-order valence-electron chi connectivity index (χ4n) is 1.30. The number of hydrogen-bond acceptors (Lipinski definition) is 6. The monoisotopic (exact) mass is 267 g/mol. The summed E-state index contributed by atoms with van der Waals surface area (Å²) in [5, 5.41) is 0.589. The van der Waals surface area contributed by atoms with Gasteiger partial charge in [-0.25, -0.2) is 10.8 Å². The van der Waals surface area contributed by atoms with Gasteiger partial charge in [-0.2, -0.15) is 0 Å². The molecule has 0 spiro atoms. The molecule has 3 N–H and O–H groups in total. The van der Waals surface area contributed by atoms with Gasteiger partial charge < -0.3 is 8.83 Å². The van der Waals surface area contributed by atoms with Crippen molar-refractivity contribution < 1.29 is 13.6 Å². The molecular formula is C11H13N3O3S. The van der Waals surface area contributed by atoms with Crippen molar-refractivity contribution in [2.75, 3.05) is 0 Å². The molecule has 0 aliphatic heterocycles. The average molecular weight is 267 g/mol. The van der Waals surface area contributed by atoms with E-state index in [1.54, 1.807) is 6.07 Å². The Morgan fingerprint density at radius 2 is 2.33 bits per heavy atom. The lowest BCUT2D eigenvalue weighted by Gasteiger charge is -1.92. The predicted molar refractivity (Wildman–Crippen MR) is 65.9 cm³/mol. The Labute approximate surface area is 108 Å². The Kier molecular flexibility index (Phi) is 3.73. The number of amides is 1. The minimum absolute atomic E-state index is 0.377. The summed E-state index contributed by atoms with van der Waals surface area (Å²) in [5.41, 5.74) is 3.31. The lowest BCUT2D eigenvalue weighted by atomic mass is 10.3. The Balaban J connectivity index is 1.98. The molecule has 96 valence electrons. The molecule has 18 heavy (non-hydrogen) atoms. The van der Waals surface area contributed by atoms with E-state index < -0.39 is 0 Å². The maximum Gasteiger partial charge on any atom is 0.268 e. The SMILES string of the molecule is Cc1nc(SCc2cc(C(=O)NN)co2)oc1C. The molecule has 2 heterocycles. The van der Waals surface area contributed by atoms with Gasteiger partial charge in [0.1, 0.15) is 17.8 Å². The van der Waals surface area contributed by atoms with E-state index >= 15 is 0 Å². The van der Waals surface area contributed by atoms with Crippen molar-refractivity contribution in [3.05, 3.63) is 35.1 Å². The molecule has 0 fully saturated rings. The minimum atomic E-state index is -0.377. The number of aromatic nitrogens is 1.